The third kappa shape index (κ3) is 4.73. The van der Waals surface area contributed by atoms with Crippen LogP contribution in [0.3, 0.4) is 0 Å². The van der Waals surface area contributed by atoms with Crippen LogP contribution in [0, 0.1) is 25.2 Å². The fraction of sp³-hybridized carbons (Fsp3) is 0.387. The molecule has 7 heteroatoms. The van der Waals surface area contributed by atoms with E-state index in [1.807, 2.05) is 62.4 Å². The first-order chi connectivity index (χ1) is 18.0. The Kier molecular flexibility index (Phi) is 7.49. The van der Waals surface area contributed by atoms with E-state index >= 15 is 0 Å². The highest BCUT2D eigenvalue weighted by molar-refractivity contribution is 5.86. The van der Waals surface area contributed by atoms with Crippen LogP contribution in [0.2, 0.25) is 0 Å². The molecule has 1 saturated carbocycles. The number of aryl methyl sites for hydroxylation is 2. The summed E-state index contributed by atoms with van der Waals surface area (Å²) in [5.74, 6) is -2.67. The molecular formula is C31H34O7. The predicted molar refractivity (Wildman–Crippen MR) is 143 cm³/mol. The van der Waals surface area contributed by atoms with E-state index in [0.717, 1.165) is 22.3 Å². The van der Waals surface area contributed by atoms with E-state index in [0.29, 0.717) is 23.3 Å². The van der Waals surface area contributed by atoms with Gasteiger partial charge in [0.15, 0.2) is 0 Å². The summed E-state index contributed by atoms with van der Waals surface area (Å²) in [5, 5.41) is 11.0. The van der Waals surface area contributed by atoms with Crippen molar-refractivity contribution in [2.75, 3.05) is 7.11 Å². The summed E-state index contributed by atoms with van der Waals surface area (Å²) >= 11 is 0. The van der Waals surface area contributed by atoms with Crippen molar-refractivity contribution >= 4 is 24.0 Å². The van der Waals surface area contributed by atoms with Gasteiger partial charge in [-0.05, 0) is 67.2 Å². The summed E-state index contributed by atoms with van der Waals surface area (Å²) in [6.45, 7) is 8.31. The maximum atomic E-state index is 13.5. The minimum atomic E-state index is -1.60. The quantitative estimate of drug-likeness (QED) is 0.491. The number of aliphatic carboxylic acids is 1. The fourth-order valence-corrected chi connectivity index (χ4v) is 6.26. The van der Waals surface area contributed by atoms with Crippen LogP contribution in [0.1, 0.15) is 55.4 Å². The van der Waals surface area contributed by atoms with Crippen LogP contribution < -0.4 is 4.74 Å². The van der Waals surface area contributed by atoms with Gasteiger partial charge in [-0.15, -0.1) is 0 Å². The van der Waals surface area contributed by atoms with Gasteiger partial charge in [0.1, 0.15) is 23.4 Å². The first kappa shape index (κ1) is 27.2. The van der Waals surface area contributed by atoms with Gasteiger partial charge in [-0.25, -0.2) is 0 Å². The lowest BCUT2D eigenvalue weighted by Crippen LogP contribution is -2.53. The standard InChI is InChI=1S/C31H34O7/c1-17-7-9-22(10-8-17)11-12-26-19(3)28(37-20(4)32)25-16-27(23-13-18(2)14-24(15-23)36-6)31(26,30(34)35)29(25)38-21(5)33/h7-15,25,27-29H,16H2,1-6H3,(H,34,35)/b12-11+. The highest BCUT2D eigenvalue weighted by Gasteiger charge is 2.69. The Morgan fingerprint density at radius 1 is 0.921 bits per heavy atom. The molecule has 38 heavy (non-hydrogen) atoms. The van der Waals surface area contributed by atoms with Crippen molar-refractivity contribution < 1.29 is 33.7 Å². The van der Waals surface area contributed by atoms with Gasteiger partial charge in [-0.2, -0.15) is 0 Å². The first-order valence-electron chi connectivity index (χ1n) is 12.7. The van der Waals surface area contributed by atoms with Gasteiger partial charge >= 0.3 is 17.9 Å². The minimum Gasteiger partial charge on any atom is -0.497 e. The lowest BCUT2D eigenvalue weighted by Gasteiger charge is -2.44. The lowest BCUT2D eigenvalue weighted by molar-refractivity contribution is -0.170. The molecule has 5 unspecified atom stereocenters. The maximum absolute atomic E-state index is 13.5. The molecule has 0 saturated heterocycles. The molecule has 1 N–H and O–H groups in total. The van der Waals surface area contributed by atoms with E-state index in [1.54, 1.807) is 20.1 Å². The minimum absolute atomic E-state index is 0.341. The third-order valence-corrected chi connectivity index (χ3v) is 7.75. The highest BCUT2D eigenvalue weighted by Crippen LogP contribution is 2.63. The highest BCUT2D eigenvalue weighted by atomic mass is 16.6. The molecule has 200 valence electrons. The second-order valence-corrected chi connectivity index (χ2v) is 10.3. The molecule has 2 aliphatic carbocycles. The number of carbonyl (C=O) groups is 3. The number of carboxylic acids is 1. The average Bonchev–Trinajstić information content (AvgIpc) is 3.12. The van der Waals surface area contributed by atoms with Gasteiger partial charge in [0.2, 0.25) is 0 Å². The van der Waals surface area contributed by atoms with Gasteiger partial charge in [0.05, 0.1) is 7.11 Å². The Labute approximate surface area is 223 Å². The van der Waals surface area contributed by atoms with Crippen molar-refractivity contribution in [3.05, 3.63) is 81.9 Å². The number of methoxy groups -OCH3 is 1. The van der Waals surface area contributed by atoms with E-state index in [2.05, 4.69) is 0 Å². The van der Waals surface area contributed by atoms with E-state index < -0.39 is 47.4 Å². The summed E-state index contributed by atoms with van der Waals surface area (Å²) < 4.78 is 17.1. The van der Waals surface area contributed by atoms with E-state index in [9.17, 15) is 19.5 Å². The van der Waals surface area contributed by atoms with Gasteiger partial charge in [-0.1, -0.05) is 48.0 Å². The summed E-state index contributed by atoms with van der Waals surface area (Å²) in [5.41, 5.74) is 3.19. The molecule has 4 rings (SSSR count). The molecule has 7 nitrogen and oxygen atoms in total. The number of ether oxygens (including phenoxy) is 3. The summed E-state index contributed by atoms with van der Waals surface area (Å²) in [4.78, 5) is 38.0. The van der Waals surface area contributed by atoms with E-state index in [4.69, 9.17) is 14.2 Å². The zero-order valence-corrected chi connectivity index (χ0v) is 22.6. The molecule has 0 heterocycles. The predicted octanol–water partition coefficient (Wildman–Crippen LogP) is 5.39. The fourth-order valence-electron chi connectivity index (χ4n) is 6.26. The Balaban J connectivity index is 2.00. The topological polar surface area (TPSA) is 99.1 Å². The Morgan fingerprint density at radius 2 is 1.58 bits per heavy atom. The van der Waals surface area contributed by atoms with Gasteiger partial charge in [0.25, 0.3) is 0 Å². The van der Waals surface area contributed by atoms with Crippen molar-refractivity contribution in [3.63, 3.8) is 0 Å². The molecule has 2 aromatic rings. The van der Waals surface area contributed by atoms with Gasteiger partial charge in [-0.3, -0.25) is 14.4 Å². The summed E-state index contributed by atoms with van der Waals surface area (Å²) in [6, 6.07) is 13.5. The molecule has 2 bridgehead atoms. The Hall–Kier alpha value is -3.87. The number of allylic oxidation sites excluding steroid dienone is 1. The van der Waals surface area contributed by atoms with E-state index in [1.165, 1.54) is 13.8 Å². The summed E-state index contributed by atoms with van der Waals surface area (Å²) in [6.07, 6.45) is 2.19. The zero-order valence-electron chi connectivity index (χ0n) is 22.6. The number of carbonyl (C=O) groups excluding carboxylic acids is 2. The number of hydrogen-bond acceptors (Lipinski definition) is 6. The van der Waals surface area contributed by atoms with Crippen LogP contribution in [-0.2, 0) is 23.9 Å². The SMILES string of the molecule is COc1cc(C)cc(C2CC3C(OC(C)=O)C(C)=C(/C=C/c4ccc(C)cc4)C2(C(=O)O)C3OC(C)=O)c1. The summed E-state index contributed by atoms with van der Waals surface area (Å²) in [7, 11) is 1.57. The average molecular weight is 519 g/mol. The second-order valence-electron chi connectivity index (χ2n) is 10.3. The molecule has 0 radical (unpaired) electrons. The van der Waals surface area contributed by atoms with Crippen molar-refractivity contribution in [1.82, 2.24) is 0 Å². The first-order valence-corrected chi connectivity index (χ1v) is 12.7. The molecule has 1 fully saturated rings. The van der Waals surface area contributed by atoms with Crippen LogP contribution in [0.25, 0.3) is 6.08 Å². The van der Waals surface area contributed by atoms with Crippen LogP contribution >= 0.6 is 0 Å². The van der Waals surface area contributed by atoms with Crippen molar-refractivity contribution in [3.8, 4) is 5.75 Å². The number of esters is 2. The van der Waals surface area contributed by atoms with Crippen LogP contribution in [-0.4, -0.2) is 42.3 Å². The molecule has 0 amide bonds. The third-order valence-electron chi connectivity index (χ3n) is 7.75. The molecular weight excluding hydrogens is 484 g/mol. The van der Waals surface area contributed by atoms with Gasteiger partial charge < -0.3 is 19.3 Å². The normalized spacial score (nSPS) is 26.4. The Bertz CT molecular complexity index is 1320. The van der Waals surface area contributed by atoms with Crippen molar-refractivity contribution in [2.45, 2.75) is 59.2 Å². The molecule has 2 aliphatic rings. The molecule has 2 aromatic carbocycles. The zero-order chi connectivity index (χ0) is 27.8. The second kappa shape index (κ2) is 10.5. The monoisotopic (exact) mass is 518 g/mol. The molecule has 0 spiro atoms. The van der Waals surface area contributed by atoms with Crippen LogP contribution in [0.15, 0.2) is 59.7 Å². The lowest BCUT2D eigenvalue weighted by atomic mass is 9.63. The molecule has 0 aromatic heterocycles. The van der Waals surface area contributed by atoms with E-state index in [-0.39, 0.29) is 0 Å². The maximum Gasteiger partial charge on any atom is 0.318 e. The Morgan fingerprint density at radius 3 is 2.16 bits per heavy atom. The number of hydrogen-bond donors (Lipinski definition) is 1. The number of rotatable bonds is 7. The number of fused-ring (bicyclic) bond motifs is 2. The van der Waals surface area contributed by atoms with Crippen LogP contribution in [0.5, 0.6) is 5.75 Å². The van der Waals surface area contributed by atoms with Crippen molar-refractivity contribution in [2.24, 2.45) is 11.3 Å². The number of carboxylic acid groups (broad SMARTS) is 1. The molecule has 5 atom stereocenters. The smallest absolute Gasteiger partial charge is 0.318 e. The van der Waals surface area contributed by atoms with Gasteiger partial charge in [0, 0.05) is 25.7 Å². The van der Waals surface area contributed by atoms with Crippen LogP contribution in [0.4, 0.5) is 0 Å². The number of benzene rings is 2. The van der Waals surface area contributed by atoms with Crippen molar-refractivity contribution in [1.29, 1.82) is 0 Å². The molecule has 0 aliphatic heterocycles. The largest absolute Gasteiger partial charge is 0.497 e.